The molecule has 1 saturated carbocycles. The van der Waals surface area contributed by atoms with E-state index in [0.29, 0.717) is 18.8 Å². The molecule has 2 aromatic carbocycles. The van der Waals surface area contributed by atoms with Crippen molar-refractivity contribution in [1.29, 1.82) is 0 Å². The number of carbonyl (C=O) groups is 1. The van der Waals surface area contributed by atoms with E-state index >= 15 is 0 Å². The Balaban J connectivity index is 1.68. The first-order valence-electron chi connectivity index (χ1n) is 9.04. The Kier molecular flexibility index (Phi) is 6.00. The van der Waals surface area contributed by atoms with Crippen molar-refractivity contribution in [2.45, 2.75) is 29.6 Å². The molecule has 0 aliphatic heterocycles. The van der Waals surface area contributed by atoms with E-state index in [-0.39, 0.29) is 5.91 Å². The quantitative estimate of drug-likeness (QED) is 0.627. The highest BCUT2D eigenvalue weighted by atomic mass is 32.2. The summed E-state index contributed by atoms with van der Waals surface area (Å²) >= 11 is 0. The SMILES string of the molecule is COCCCNC(=O)C1(c2ccc(NS(=O)(=O)c3ccccc3F)cc2)CC1. The normalized spacial score (nSPS) is 15.1. The monoisotopic (exact) mass is 406 g/mol. The Morgan fingerprint density at radius 3 is 2.43 bits per heavy atom. The van der Waals surface area contributed by atoms with Gasteiger partial charge in [-0.2, -0.15) is 0 Å². The van der Waals surface area contributed by atoms with Crippen molar-refractivity contribution in [3.05, 3.63) is 59.9 Å². The van der Waals surface area contributed by atoms with Crippen molar-refractivity contribution in [3.8, 4) is 0 Å². The highest BCUT2D eigenvalue weighted by Gasteiger charge is 2.51. The summed E-state index contributed by atoms with van der Waals surface area (Å²) in [4.78, 5) is 12.1. The lowest BCUT2D eigenvalue weighted by molar-refractivity contribution is -0.123. The van der Waals surface area contributed by atoms with Crippen molar-refractivity contribution in [1.82, 2.24) is 5.32 Å². The van der Waals surface area contributed by atoms with E-state index in [4.69, 9.17) is 4.74 Å². The van der Waals surface area contributed by atoms with Gasteiger partial charge in [0, 0.05) is 25.9 Å². The number of rotatable bonds is 9. The molecule has 150 valence electrons. The van der Waals surface area contributed by atoms with Crippen molar-refractivity contribution < 1.29 is 22.3 Å². The highest BCUT2D eigenvalue weighted by molar-refractivity contribution is 7.92. The van der Waals surface area contributed by atoms with E-state index in [9.17, 15) is 17.6 Å². The van der Waals surface area contributed by atoms with Gasteiger partial charge in [-0.05, 0) is 49.1 Å². The van der Waals surface area contributed by atoms with Gasteiger partial charge in [0.05, 0.1) is 5.41 Å². The molecule has 0 unspecified atom stereocenters. The van der Waals surface area contributed by atoms with Gasteiger partial charge < -0.3 is 10.1 Å². The average molecular weight is 406 g/mol. The summed E-state index contributed by atoms with van der Waals surface area (Å²) in [7, 11) is -2.41. The lowest BCUT2D eigenvalue weighted by atomic mass is 9.95. The Morgan fingerprint density at radius 2 is 1.82 bits per heavy atom. The summed E-state index contributed by atoms with van der Waals surface area (Å²) in [5.74, 6) is -0.836. The minimum atomic E-state index is -4.03. The number of sulfonamides is 1. The largest absolute Gasteiger partial charge is 0.385 e. The molecule has 1 aliphatic carbocycles. The number of hydrogen-bond acceptors (Lipinski definition) is 4. The number of halogens is 1. The van der Waals surface area contributed by atoms with Crippen LogP contribution in [0.2, 0.25) is 0 Å². The lowest BCUT2D eigenvalue weighted by Gasteiger charge is -2.16. The number of hydrogen-bond donors (Lipinski definition) is 2. The molecule has 1 aliphatic rings. The molecule has 1 amide bonds. The Morgan fingerprint density at radius 1 is 1.14 bits per heavy atom. The standard InChI is InChI=1S/C20H23FN2O4S/c1-27-14-4-13-22-19(24)20(11-12-20)15-7-9-16(10-8-15)23-28(25,26)18-6-3-2-5-17(18)21/h2-3,5-10,23H,4,11-14H2,1H3,(H,22,24). The van der Waals surface area contributed by atoms with Crippen LogP contribution in [0, 0.1) is 5.82 Å². The van der Waals surface area contributed by atoms with Crippen LogP contribution in [0.4, 0.5) is 10.1 Å². The summed E-state index contributed by atoms with van der Waals surface area (Å²) in [6, 6.07) is 11.8. The van der Waals surface area contributed by atoms with Gasteiger partial charge in [-0.1, -0.05) is 24.3 Å². The van der Waals surface area contributed by atoms with Crippen molar-refractivity contribution in [3.63, 3.8) is 0 Å². The van der Waals surface area contributed by atoms with E-state index in [1.165, 1.54) is 18.2 Å². The summed E-state index contributed by atoms with van der Waals surface area (Å²) in [5, 5.41) is 2.93. The summed E-state index contributed by atoms with van der Waals surface area (Å²) < 4.78 is 45.9. The molecule has 1 fully saturated rings. The zero-order valence-electron chi connectivity index (χ0n) is 15.6. The molecule has 3 rings (SSSR count). The molecule has 0 radical (unpaired) electrons. The van der Waals surface area contributed by atoms with Gasteiger partial charge in [-0.15, -0.1) is 0 Å². The molecule has 0 spiro atoms. The van der Waals surface area contributed by atoms with Gasteiger partial charge in [0.25, 0.3) is 10.0 Å². The molecule has 0 aromatic heterocycles. The van der Waals surface area contributed by atoms with Crippen molar-refractivity contribution in [2.24, 2.45) is 0 Å². The minimum Gasteiger partial charge on any atom is -0.385 e. The second-order valence-electron chi connectivity index (χ2n) is 6.80. The first kappa shape index (κ1) is 20.3. The van der Waals surface area contributed by atoms with Gasteiger partial charge in [-0.3, -0.25) is 9.52 Å². The molecular weight excluding hydrogens is 383 g/mol. The maximum atomic E-state index is 13.8. The van der Waals surface area contributed by atoms with Gasteiger partial charge in [-0.25, -0.2) is 12.8 Å². The van der Waals surface area contributed by atoms with Gasteiger partial charge in [0.2, 0.25) is 5.91 Å². The summed E-state index contributed by atoms with van der Waals surface area (Å²) in [6.07, 6.45) is 2.25. The topological polar surface area (TPSA) is 84.5 Å². The third-order valence-corrected chi connectivity index (χ3v) is 6.23. The molecule has 0 bridgehead atoms. The van der Waals surface area contributed by atoms with Crippen LogP contribution < -0.4 is 10.0 Å². The molecule has 0 saturated heterocycles. The maximum absolute atomic E-state index is 13.8. The van der Waals surface area contributed by atoms with Crippen LogP contribution in [-0.2, 0) is 25.0 Å². The molecular formula is C20H23FN2O4S. The van der Waals surface area contributed by atoms with Crippen molar-refractivity contribution >= 4 is 21.6 Å². The van der Waals surface area contributed by atoms with Crippen molar-refractivity contribution in [2.75, 3.05) is 25.0 Å². The van der Waals surface area contributed by atoms with Crippen LogP contribution in [0.15, 0.2) is 53.4 Å². The Bertz CT molecular complexity index is 941. The maximum Gasteiger partial charge on any atom is 0.264 e. The van der Waals surface area contributed by atoms with Crippen LogP contribution in [0.3, 0.4) is 0 Å². The summed E-state index contributed by atoms with van der Waals surface area (Å²) in [5.41, 5.74) is 0.601. The predicted octanol–water partition coefficient (Wildman–Crippen LogP) is 2.81. The van der Waals surface area contributed by atoms with Crippen LogP contribution >= 0.6 is 0 Å². The number of methoxy groups -OCH3 is 1. The highest BCUT2D eigenvalue weighted by Crippen LogP contribution is 2.48. The zero-order valence-corrected chi connectivity index (χ0v) is 16.4. The number of benzene rings is 2. The molecule has 6 nitrogen and oxygen atoms in total. The summed E-state index contributed by atoms with van der Waals surface area (Å²) in [6.45, 7) is 1.14. The van der Waals surface area contributed by atoms with Gasteiger partial charge >= 0.3 is 0 Å². The van der Waals surface area contributed by atoms with Gasteiger partial charge in [0.15, 0.2) is 0 Å². The van der Waals surface area contributed by atoms with Gasteiger partial charge in [0.1, 0.15) is 10.7 Å². The number of anilines is 1. The molecule has 2 N–H and O–H groups in total. The first-order valence-corrected chi connectivity index (χ1v) is 10.5. The van der Waals surface area contributed by atoms with E-state index < -0.39 is 26.2 Å². The number of nitrogens with one attached hydrogen (secondary N) is 2. The second kappa shape index (κ2) is 8.28. The molecule has 0 heterocycles. The fourth-order valence-electron chi connectivity index (χ4n) is 3.09. The lowest BCUT2D eigenvalue weighted by Crippen LogP contribution is -2.35. The first-order chi connectivity index (χ1) is 13.4. The Hall–Kier alpha value is -2.45. The molecule has 8 heteroatoms. The second-order valence-corrected chi connectivity index (χ2v) is 8.45. The minimum absolute atomic E-state index is 0.0247. The van der Waals surface area contributed by atoms with E-state index in [2.05, 4.69) is 10.0 Å². The molecule has 2 aromatic rings. The fourth-order valence-corrected chi connectivity index (χ4v) is 4.23. The fraction of sp³-hybridized carbons (Fsp3) is 0.350. The van der Waals surface area contributed by atoms with Crippen LogP contribution in [0.5, 0.6) is 0 Å². The molecule has 0 atom stereocenters. The average Bonchev–Trinajstić information content (AvgIpc) is 3.47. The third kappa shape index (κ3) is 4.34. The zero-order chi connectivity index (χ0) is 20.2. The van der Waals surface area contributed by atoms with Crippen LogP contribution in [0.25, 0.3) is 0 Å². The number of amides is 1. The smallest absolute Gasteiger partial charge is 0.264 e. The van der Waals surface area contributed by atoms with Crippen LogP contribution in [-0.4, -0.2) is 34.6 Å². The molecule has 28 heavy (non-hydrogen) atoms. The number of ether oxygens (including phenoxy) is 1. The number of carbonyl (C=O) groups excluding carboxylic acids is 1. The van der Waals surface area contributed by atoms with E-state index in [0.717, 1.165) is 30.9 Å². The predicted molar refractivity (Wildman–Crippen MR) is 104 cm³/mol. The third-order valence-electron chi connectivity index (χ3n) is 4.81. The van der Waals surface area contributed by atoms with E-state index in [1.54, 1.807) is 31.4 Å². The Labute approximate surface area is 164 Å². The van der Waals surface area contributed by atoms with Crippen LogP contribution in [0.1, 0.15) is 24.8 Å². The van der Waals surface area contributed by atoms with E-state index in [1.807, 2.05) is 0 Å².